The molecule has 1 aromatic heterocycles. The number of aromatic nitrogens is 2. The Morgan fingerprint density at radius 2 is 1.72 bits per heavy atom. The molecule has 16 heteroatoms. The van der Waals surface area contributed by atoms with Crippen molar-refractivity contribution in [3.05, 3.63) is 81.3 Å². The number of hydrogen-bond donors (Lipinski definition) is 2. The highest BCUT2D eigenvalue weighted by Gasteiger charge is 2.47. The first kappa shape index (κ1) is 34.6. The molecule has 9 rings (SSSR count). The van der Waals surface area contributed by atoms with Gasteiger partial charge in [-0.1, -0.05) is 11.6 Å². The van der Waals surface area contributed by atoms with Crippen LogP contribution in [0.25, 0.3) is 0 Å². The predicted octanol–water partition coefficient (Wildman–Crippen LogP) is 3.13. The Hall–Kier alpha value is -5.46. The van der Waals surface area contributed by atoms with Crippen molar-refractivity contribution in [3.8, 4) is 11.8 Å². The molecule has 3 unspecified atom stereocenters. The van der Waals surface area contributed by atoms with Gasteiger partial charge in [-0.3, -0.25) is 39.1 Å². The highest BCUT2D eigenvalue weighted by Crippen LogP contribution is 2.37. The molecule has 3 aromatic rings. The largest absolute Gasteiger partial charge is 0.490 e. The van der Waals surface area contributed by atoms with Crippen LogP contribution in [-0.4, -0.2) is 92.9 Å². The van der Waals surface area contributed by atoms with Crippen LogP contribution >= 0.6 is 11.6 Å². The van der Waals surface area contributed by atoms with Gasteiger partial charge in [0.1, 0.15) is 23.7 Å². The van der Waals surface area contributed by atoms with Gasteiger partial charge in [0.05, 0.1) is 27.8 Å². The molecule has 2 aromatic carbocycles. The Labute approximate surface area is 308 Å². The molecule has 1 aliphatic carbocycles. The van der Waals surface area contributed by atoms with Gasteiger partial charge in [-0.05, 0) is 74.9 Å². The number of piperazine rings is 1. The Morgan fingerprint density at radius 3 is 2.38 bits per heavy atom. The number of fused-ring (bicyclic) bond motifs is 3. The number of nitrogens with zero attached hydrogens (tertiary/aromatic N) is 6. The number of nitrogens with one attached hydrogen (secondary N) is 2. The van der Waals surface area contributed by atoms with Crippen LogP contribution < -0.4 is 20.3 Å². The fourth-order valence-corrected chi connectivity index (χ4v) is 8.33. The van der Waals surface area contributed by atoms with Crippen molar-refractivity contribution in [1.29, 1.82) is 5.26 Å². The van der Waals surface area contributed by atoms with Gasteiger partial charge < -0.3 is 15.0 Å². The number of carbonyl (C=O) groups excluding carboxylic acids is 5. The van der Waals surface area contributed by atoms with Crippen LogP contribution in [0.3, 0.4) is 0 Å². The molecular formula is C37H34ClFN8O6. The van der Waals surface area contributed by atoms with Gasteiger partial charge in [0.25, 0.3) is 17.7 Å². The molecule has 0 spiro atoms. The zero-order chi connectivity index (χ0) is 37.0. The number of nitriles is 1. The van der Waals surface area contributed by atoms with E-state index >= 15 is 4.39 Å². The second-order valence-electron chi connectivity index (χ2n) is 14.2. The van der Waals surface area contributed by atoms with E-state index in [4.69, 9.17) is 21.6 Å². The van der Waals surface area contributed by atoms with Gasteiger partial charge in [-0.25, -0.2) is 4.39 Å². The number of imide groups is 2. The molecule has 1 saturated carbocycles. The number of halogens is 2. The second-order valence-corrected chi connectivity index (χ2v) is 14.6. The molecule has 272 valence electrons. The third-order valence-corrected chi connectivity index (χ3v) is 11.1. The van der Waals surface area contributed by atoms with E-state index in [9.17, 15) is 24.0 Å². The molecular weight excluding hydrogens is 707 g/mol. The van der Waals surface area contributed by atoms with Crippen molar-refractivity contribution < 1.29 is 33.1 Å². The number of amides is 5. The lowest BCUT2D eigenvalue weighted by Crippen LogP contribution is -2.69. The van der Waals surface area contributed by atoms with Crippen molar-refractivity contribution in [2.75, 3.05) is 18.0 Å². The molecule has 53 heavy (non-hydrogen) atoms. The fraction of sp³-hybridized carbons (Fsp3) is 0.405. The molecule has 6 heterocycles. The van der Waals surface area contributed by atoms with Crippen LogP contribution in [0, 0.1) is 17.1 Å². The summed E-state index contributed by atoms with van der Waals surface area (Å²) in [6.45, 7) is 1.44. The van der Waals surface area contributed by atoms with Crippen LogP contribution in [0.15, 0.2) is 42.5 Å². The van der Waals surface area contributed by atoms with E-state index in [0.717, 1.165) is 43.1 Å². The normalized spacial score (nSPS) is 25.3. The number of carbonyl (C=O) groups is 5. The molecule has 0 radical (unpaired) electrons. The van der Waals surface area contributed by atoms with Gasteiger partial charge in [0.15, 0.2) is 11.5 Å². The van der Waals surface area contributed by atoms with Crippen LogP contribution in [-0.2, 0) is 16.1 Å². The summed E-state index contributed by atoms with van der Waals surface area (Å²) in [5.41, 5.74) is 0.852. The van der Waals surface area contributed by atoms with Crippen molar-refractivity contribution >= 4 is 47.0 Å². The maximum absolute atomic E-state index is 15.3. The summed E-state index contributed by atoms with van der Waals surface area (Å²) in [4.78, 5) is 68.4. The van der Waals surface area contributed by atoms with Crippen molar-refractivity contribution in [2.24, 2.45) is 0 Å². The minimum atomic E-state index is -1.12. The topological polar surface area (TPSA) is 178 Å². The summed E-state index contributed by atoms with van der Waals surface area (Å²) < 4.78 is 21.4. The maximum Gasteiger partial charge on any atom is 0.272 e. The molecule has 5 amide bonds. The lowest BCUT2D eigenvalue weighted by atomic mass is 9.87. The summed E-state index contributed by atoms with van der Waals surface area (Å²) >= 11 is 6.13. The highest BCUT2D eigenvalue weighted by molar-refractivity contribution is 6.31. The van der Waals surface area contributed by atoms with Crippen LogP contribution in [0.2, 0.25) is 5.02 Å². The van der Waals surface area contributed by atoms with E-state index in [2.05, 4.69) is 30.6 Å². The zero-order valence-electron chi connectivity index (χ0n) is 28.4. The van der Waals surface area contributed by atoms with E-state index < -0.39 is 35.5 Å². The Morgan fingerprint density at radius 1 is 0.981 bits per heavy atom. The zero-order valence-corrected chi connectivity index (χ0v) is 29.1. The quantitative estimate of drug-likeness (QED) is 0.325. The summed E-state index contributed by atoms with van der Waals surface area (Å²) in [5.74, 6) is -2.23. The Kier molecular flexibility index (Phi) is 9.03. The Balaban J connectivity index is 0.832. The second kappa shape index (κ2) is 13.8. The molecule has 14 nitrogen and oxygen atoms in total. The smallest absolute Gasteiger partial charge is 0.272 e. The third-order valence-electron chi connectivity index (χ3n) is 10.8. The monoisotopic (exact) mass is 740 g/mol. The van der Waals surface area contributed by atoms with Crippen molar-refractivity contribution in [1.82, 2.24) is 30.6 Å². The van der Waals surface area contributed by atoms with Gasteiger partial charge in [0.2, 0.25) is 11.8 Å². The standard InChI is InChI=1S/C37H34ClFN8O6/c38-28-13-25(4-1-19(28)15-40)53-24-5-2-21(3-6-24)41-34(49)30-7-9-32(44-43-30)46-22-12-23(46)18-45(17-22)16-20-11-26-27(14-29(20)39)37(52)47(36(26)51)31-8-10-33(48)42-35(31)50/h1,4,7,9,11,13-14,21-24,31H,2-3,5-6,8,10,12,16-18H2,(H,41,49)(H,42,48,50). The minimum absolute atomic E-state index is 0.00153. The third kappa shape index (κ3) is 6.57. The van der Waals surface area contributed by atoms with E-state index in [0.29, 0.717) is 35.2 Å². The maximum atomic E-state index is 15.3. The van der Waals surface area contributed by atoms with E-state index in [-0.39, 0.29) is 71.9 Å². The van der Waals surface area contributed by atoms with Crippen LogP contribution in [0.1, 0.15) is 87.3 Å². The predicted molar refractivity (Wildman–Crippen MR) is 185 cm³/mol. The lowest BCUT2D eigenvalue weighted by Gasteiger charge is -2.56. The van der Waals surface area contributed by atoms with Crippen molar-refractivity contribution in [3.63, 3.8) is 0 Å². The summed E-state index contributed by atoms with van der Waals surface area (Å²) in [6.07, 6.45) is 3.92. The minimum Gasteiger partial charge on any atom is -0.490 e. The number of benzene rings is 2. The van der Waals surface area contributed by atoms with Gasteiger partial charge >= 0.3 is 0 Å². The van der Waals surface area contributed by atoms with Crippen LogP contribution in [0.4, 0.5) is 10.2 Å². The van der Waals surface area contributed by atoms with Gasteiger partial charge in [-0.15, -0.1) is 10.2 Å². The van der Waals surface area contributed by atoms with E-state index in [1.165, 1.54) is 6.07 Å². The fourth-order valence-electron chi connectivity index (χ4n) is 8.12. The summed E-state index contributed by atoms with van der Waals surface area (Å²) in [7, 11) is 0. The number of hydrogen-bond acceptors (Lipinski definition) is 11. The SMILES string of the molecule is N#Cc1ccc(OC2CCC(NC(=O)c3ccc(N4C5CC4CN(Cc4cc6c(cc4F)C(=O)N(C4CCC(=O)NC4=O)C6=O)C5)nn3)CC2)cc1Cl. The van der Waals surface area contributed by atoms with E-state index in [1.54, 1.807) is 30.3 Å². The first-order valence-electron chi connectivity index (χ1n) is 17.6. The first-order chi connectivity index (χ1) is 25.6. The molecule has 5 aliphatic heterocycles. The molecule has 6 aliphatic rings. The van der Waals surface area contributed by atoms with Crippen molar-refractivity contribution in [2.45, 2.75) is 81.8 Å². The number of ether oxygens (including phenoxy) is 1. The summed E-state index contributed by atoms with van der Waals surface area (Å²) in [5, 5.41) is 23.2. The molecule has 2 bridgehead atoms. The number of piperidine rings is 2. The average molecular weight is 741 g/mol. The Bertz CT molecular complexity index is 2070. The van der Waals surface area contributed by atoms with Gasteiger partial charge in [-0.2, -0.15) is 5.26 Å². The summed E-state index contributed by atoms with van der Waals surface area (Å²) in [6, 6.07) is 12.0. The number of rotatable bonds is 8. The lowest BCUT2D eigenvalue weighted by molar-refractivity contribution is -0.136. The number of anilines is 1. The molecule has 5 fully saturated rings. The average Bonchev–Trinajstić information content (AvgIpc) is 3.37. The highest BCUT2D eigenvalue weighted by atomic mass is 35.5. The molecule has 2 N–H and O–H groups in total. The molecule has 4 saturated heterocycles. The molecule has 3 atom stereocenters. The first-order valence-corrected chi connectivity index (χ1v) is 18.0. The van der Waals surface area contributed by atoms with E-state index in [1.807, 2.05) is 6.07 Å². The van der Waals surface area contributed by atoms with Gasteiger partial charge in [0, 0.05) is 55.8 Å². The van der Waals surface area contributed by atoms with Crippen LogP contribution in [0.5, 0.6) is 5.75 Å².